The molecule has 0 amide bonds. The van der Waals surface area contributed by atoms with Crippen molar-refractivity contribution in [1.29, 1.82) is 0 Å². The van der Waals surface area contributed by atoms with E-state index in [9.17, 15) is 4.79 Å². The molecule has 20 heavy (non-hydrogen) atoms. The van der Waals surface area contributed by atoms with Crippen molar-refractivity contribution in [3.63, 3.8) is 0 Å². The molecular formula is C17H22N2O. The highest BCUT2D eigenvalue weighted by Crippen LogP contribution is 2.45. The van der Waals surface area contributed by atoms with Crippen molar-refractivity contribution in [2.45, 2.75) is 52.6 Å². The molecule has 3 heterocycles. The number of fused-ring (bicyclic) bond motifs is 3. The predicted octanol–water partition coefficient (Wildman–Crippen LogP) is 3.42. The van der Waals surface area contributed by atoms with Crippen LogP contribution in [0.2, 0.25) is 0 Å². The molecule has 1 aliphatic rings. The average Bonchev–Trinajstić information content (AvgIpc) is 2.83. The second kappa shape index (κ2) is 3.66. The first-order valence-corrected chi connectivity index (χ1v) is 7.11. The summed E-state index contributed by atoms with van der Waals surface area (Å²) < 4.78 is 4.58. The number of hydrogen-bond acceptors (Lipinski definition) is 1. The Bertz CT molecular complexity index is 760. The first-order valence-electron chi connectivity index (χ1n) is 7.11. The van der Waals surface area contributed by atoms with Crippen LogP contribution in [0, 0.1) is 13.8 Å². The minimum Gasteiger partial charge on any atom is -0.338 e. The highest BCUT2D eigenvalue weighted by Gasteiger charge is 2.45. The van der Waals surface area contributed by atoms with Crippen molar-refractivity contribution in [2.24, 2.45) is 0 Å². The monoisotopic (exact) mass is 270 g/mol. The van der Waals surface area contributed by atoms with Crippen LogP contribution in [-0.4, -0.2) is 9.13 Å². The zero-order valence-electron chi connectivity index (χ0n) is 13.1. The quantitative estimate of drug-likeness (QED) is 0.720. The molecule has 0 atom stereocenters. The standard InChI is InChI=1S/C17H22N2O/c1-11-10-19-14(12(2)15(11)20)13-8-7-9-18(13)16(3,4)17(19,5)6/h7-10H,1-6H3. The van der Waals surface area contributed by atoms with E-state index in [1.54, 1.807) is 0 Å². The summed E-state index contributed by atoms with van der Waals surface area (Å²) in [5, 5.41) is 0. The van der Waals surface area contributed by atoms with Gasteiger partial charge < -0.3 is 9.13 Å². The third-order valence-electron chi connectivity index (χ3n) is 5.31. The van der Waals surface area contributed by atoms with Gasteiger partial charge in [0, 0.05) is 23.5 Å². The van der Waals surface area contributed by atoms with E-state index in [-0.39, 0.29) is 16.5 Å². The predicted molar refractivity (Wildman–Crippen MR) is 82.2 cm³/mol. The first-order chi connectivity index (χ1) is 9.19. The maximum atomic E-state index is 12.3. The van der Waals surface area contributed by atoms with Crippen molar-refractivity contribution in [3.8, 4) is 11.4 Å². The summed E-state index contributed by atoms with van der Waals surface area (Å²) in [5.74, 6) is 0. The van der Waals surface area contributed by atoms with Gasteiger partial charge >= 0.3 is 0 Å². The van der Waals surface area contributed by atoms with Crippen molar-refractivity contribution >= 4 is 0 Å². The Balaban J connectivity index is 2.53. The van der Waals surface area contributed by atoms with Gasteiger partial charge in [-0.25, -0.2) is 0 Å². The van der Waals surface area contributed by atoms with Gasteiger partial charge in [-0.1, -0.05) is 0 Å². The molecule has 0 radical (unpaired) electrons. The van der Waals surface area contributed by atoms with E-state index in [0.29, 0.717) is 0 Å². The molecule has 3 nitrogen and oxygen atoms in total. The maximum absolute atomic E-state index is 12.3. The molecular weight excluding hydrogens is 248 g/mol. The molecule has 0 fully saturated rings. The van der Waals surface area contributed by atoms with Crippen LogP contribution in [0.3, 0.4) is 0 Å². The lowest BCUT2D eigenvalue weighted by Crippen LogP contribution is -2.53. The zero-order chi connectivity index (χ0) is 14.9. The van der Waals surface area contributed by atoms with Gasteiger partial charge in [-0.05, 0) is 53.7 Å². The molecule has 2 aromatic rings. The summed E-state index contributed by atoms with van der Waals surface area (Å²) in [6.07, 6.45) is 4.13. The molecule has 0 unspecified atom stereocenters. The molecule has 0 saturated carbocycles. The Hall–Kier alpha value is -1.77. The largest absolute Gasteiger partial charge is 0.338 e. The van der Waals surface area contributed by atoms with Crippen molar-refractivity contribution < 1.29 is 0 Å². The van der Waals surface area contributed by atoms with Crippen LogP contribution in [0.15, 0.2) is 29.3 Å². The second-order valence-corrected chi connectivity index (χ2v) is 6.87. The van der Waals surface area contributed by atoms with Crippen molar-refractivity contribution in [3.05, 3.63) is 45.9 Å². The average molecular weight is 270 g/mol. The molecule has 0 spiro atoms. The lowest BCUT2D eigenvalue weighted by Gasteiger charge is -2.50. The Morgan fingerprint density at radius 1 is 1.00 bits per heavy atom. The van der Waals surface area contributed by atoms with E-state index in [1.807, 2.05) is 20.0 Å². The molecule has 0 N–H and O–H groups in total. The normalized spacial score (nSPS) is 18.5. The van der Waals surface area contributed by atoms with Gasteiger partial charge in [-0.3, -0.25) is 4.79 Å². The Morgan fingerprint density at radius 2 is 1.60 bits per heavy atom. The number of pyridine rings is 1. The molecule has 106 valence electrons. The minimum atomic E-state index is -0.114. The van der Waals surface area contributed by atoms with E-state index in [1.165, 1.54) is 0 Å². The first kappa shape index (κ1) is 13.2. The van der Waals surface area contributed by atoms with Crippen LogP contribution in [-0.2, 0) is 11.1 Å². The van der Waals surface area contributed by atoms with Gasteiger partial charge in [-0.15, -0.1) is 0 Å². The van der Waals surface area contributed by atoms with Crippen molar-refractivity contribution in [1.82, 2.24) is 9.13 Å². The van der Waals surface area contributed by atoms with Gasteiger partial charge in [0.05, 0.1) is 22.5 Å². The second-order valence-electron chi connectivity index (χ2n) is 6.87. The summed E-state index contributed by atoms with van der Waals surface area (Å²) in [5.41, 5.74) is 3.81. The topological polar surface area (TPSA) is 26.9 Å². The molecule has 2 aromatic heterocycles. The van der Waals surface area contributed by atoms with Crippen LogP contribution in [0.5, 0.6) is 0 Å². The number of hydrogen-bond donors (Lipinski definition) is 0. The van der Waals surface area contributed by atoms with Gasteiger partial charge in [-0.2, -0.15) is 0 Å². The van der Waals surface area contributed by atoms with Crippen LogP contribution in [0.1, 0.15) is 38.8 Å². The Labute approximate surface area is 119 Å². The molecule has 3 heteroatoms. The molecule has 0 aromatic carbocycles. The fourth-order valence-electron chi connectivity index (χ4n) is 3.31. The molecule has 1 aliphatic heterocycles. The molecule has 0 bridgehead atoms. The number of nitrogens with zero attached hydrogens (tertiary/aromatic N) is 2. The zero-order valence-corrected chi connectivity index (χ0v) is 13.1. The van der Waals surface area contributed by atoms with Crippen LogP contribution in [0.4, 0.5) is 0 Å². The van der Waals surface area contributed by atoms with Gasteiger partial charge in [0.1, 0.15) is 0 Å². The third-order valence-corrected chi connectivity index (χ3v) is 5.31. The number of aromatic nitrogens is 2. The van der Waals surface area contributed by atoms with E-state index in [4.69, 9.17) is 0 Å². The lowest BCUT2D eigenvalue weighted by molar-refractivity contribution is 0.117. The highest BCUT2D eigenvalue weighted by molar-refractivity contribution is 5.63. The Kier molecular flexibility index (Phi) is 2.42. The van der Waals surface area contributed by atoms with E-state index >= 15 is 0 Å². The molecule has 0 saturated heterocycles. The minimum absolute atomic E-state index is 0.0627. The summed E-state index contributed by atoms with van der Waals surface area (Å²) in [7, 11) is 0. The summed E-state index contributed by atoms with van der Waals surface area (Å²) in [6, 6.07) is 4.16. The van der Waals surface area contributed by atoms with Gasteiger partial charge in [0.25, 0.3) is 0 Å². The lowest BCUT2D eigenvalue weighted by atomic mass is 9.78. The maximum Gasteiger partial charge on any atom is 0.188 e. The molecule has 3 rings (SSSR count). The highest BCUT2D eigenvalue weighted by atomic mass is 16.1. The number of rotatable bonds is 0. The summed E-state index contributed by atoms with van der Waals surface area (Å²) in [4.78, 5) is 12.3. The molecule has 0 aliphatic carbocycles. The van der Waals surface area contributed by atoms with E-state index < -0.39 is 0 Å². The fourth-order valence-corrected chi connectivity index (χ4v) is 3.31. The van der Waals surface area contributed by atoms with Crippen LogP contribution < -0.4 is 5.43 Å². The SMILES string of the molecule is Cc1cn2c(c(C)c1=O)-c1cccn1C(C)(C)C2(C)C. The van der Waals surface area contributed by atoms with Gasteiger partial charge in [0.2, 0.25) is 0 Å². The summed E-state index contributed by atoms with van der Waals surface area (Å²) >= 11 is 0. The number of aryl methyl sites for hydroxylation is 1. The summed E-state index contributed by atoms with van der Waals surface area (Å²) in [6.45, 7) is 12.8. The van der Waals surface area contributed by atoms with Gasteiger partial charge in [0.15, 0.2) is 5.43 Å². The third kappa shape index (κ3) is 1.33. The van der Waals surface area contributed by atoms with E-state index in [2.05, 4.69) is 55.2 Å². The van der Waals surface area contributed by atoms with Crippen LogP contribution in [0.25, 0.3) is 11.4 Å². The smallest absolute Gasteiger partial charge is 0.188 e. The van der Waals surface area contributed by atoms with Crippen LogP contribution >= 0.6 is 0 Å². The van der Waals surface area contributed by atoms with Crippen molar-refractivity contribution in [2.75, 3.05) is 0 Å². The van der Waals surface area contributed by atoms with E-state index in [0.717, 1.165) is 22.5 Å². The fraction of sp³-hybridized carbons (Fsp3) is 0.471. The Morgan fingerprint density at radius 3 is 2.25 bits per heavy atom.